The molecule has 2 aromatic rings. The third-order valence-corrected chi connectivity index (χ3v) is 3.43. The van der Waals surface area contributed by atoms with Gasteiger partial charge in [-0.1, -0.05) is 50.6 Å². The van der Waals surface area contributed by atoms with Crippen LogP contribution in [-0.4, -0.2) is 5.11 Å². The van der Waals surface area contributed by atoms with Crippen LogP contribution < -0.4 is 0 Å². The molecule has 0 fully saturated rings. The minimum Gasteiger partial charge on any atom is -0.507 e. The van der Waals surface area contributed by atoms with Gasteiger partial charge in [0.2, 0.25) is 0 Å². The quantitative estimate of drug-likeness (QED) is 0.746. The first kappa shape index (κ1) is 14.0. The van der Waals surface area contributed by atoms with E-state index in [2.05, 4.69) is 20.8 Å². The highest BCUT2D eigenvalue weighted by Gasteiger charge is 2.21. The molecule has 0 saturated carbocycles. The van der Waals surface area contributed by atoms with Crippen molar-refractivity contribution in [1.29, 1.82) is 0 Å². The van der Waals surface area contributed by atoms with E-state index in [4.69, 9.17) is 11.6 Å². The topological polar surface area (TPSA) is 20.2 Å². The summed E-state index contributed by atoms with van der Waals surface area (Å²) in [4.78, 5) is 0. The Labute approximate surface area is 119 Å². The second-order valence-electron chi connectivity index (χ2n) is 5.97. The van der Waals surface area contributed by atoms with Crippen molar-refractivity contribution < 1.29 is 5.11 Å². The van der Waals surface area contributed by atoms with Gasteiger partial charge in [0.05, 0.1) is 0 Å². The van der Waals surface area contributed by atoms with Crippen molar-refractivity contribution in [2.24, 2.45) is 0 Å². The molecular formula is C17H19ClO. The van der Waals surface area contributed by atoms with Crippen LogP contribution in [0.3, 0.4) is 0 Å². The standard InChI is InChI=1S/C17H19ClO/c1-11-8-14(12-6-5-7-13(18)10-12)16(19)15(9-11)17(2,3)4/h5-10,19H,1-4H3. The maximum atomic E-state index is 10.6. The Balaban J connectivity index is 2.68. The molecule has 0 aliphatic rings. The van der Waals surface area contributed by atoms with E-state index in [1.807, 2.05) is 43.3 Å². The van der Waals surface area contributed by atoms with Crippen molar-refractivity contribution in [2.45, 2.75) is 33.1 Å². The maximum Gasteiger partial charge on any atom is 0.127 e. The average molecular weight is 275 g/mol. The monoisotopic (exact) mass is 274 g/mol. The van der Waals surface area contributed by atoms with Crippen molar-refractivity contribution in [3.05, 3.63) is 52.5 Å². The number of aryl methyl sites for hydroxylation is 1. The van der Waals surface area contributed by atoms with E-state index in [-0.39, 0.29) is 5.41 Å². The lowest BCUT2D eigenvalue weighted by Crippen LogP contribution is -2.12. The average Bonchev–Trinajstić information content (AvgIpc) is 2.30. The molecule has 0 aliphatic carbocycles. The summed E-state index contributed by atoms with van der Waals surface area (Å²) in [6.45, 7) is 8.35. The molecule has 19 heavy (non-hydrogen) atoms. The van der Waals surface area contributed by atoms with Crippen LogP contribution >= 0.6 is 11.6 Å². The molecule has 0 saturated heterocycles. The van der Waals surface area contributed by atoms with Gasteiger partial charge in [0, 0.05) is 16.1 Å². The van der Waals surface area contributed by atoms with Gasteiger partial charge in [-0.05, 0) is 41.7 Å². The van der Waals surface area contributed by atoms with Crippen LogP contribution in [-0.2, 0) is 5.41 Å². The van der Waals surface area contributed by atoms with E-state index < -0.39 is 0 Å². The number of hydrogen-bond acceptors (Lipinski definition) is 1. The molecule has 0 amide bonds. The van der Waals surface area contributed by atoms with Crippen molar-refractivity contribution >= 4 is 11.6 Å². The predicted molar refractivity (Wildman–Crippen MR) is 82.0 cm³/mol. The van der Waals surface area contributed by atoms with E-state index in [1.165, 1.54) is 0 Å². The fourth-order valence-electron chi connectivity index (χ4n) is 2.23. The van der Waals surface area contributed by atoms with Gasteiger partial charge in [-0.2, -0.15) is 0 Å². The molecule has 1 N–H and O–H groups in total. The van der Waals surface area contributed by atoms with E-state index in [0.717, 1.165) is 22.3 Å². The smallest absolute Gasteiger partial charge is 0.127 e. The minimum atomic E-state index is -0.0938. The third-order valence-electron chi connectivity index (χ3n) is 3.20. The summed E-state index contributed by atoms with van der Waals surface area (Å²) >= 11 is 6.03. The van der Waals surface area contributed by atoms with Crippen molar-refractivity contribution in [3.8, 4) is 16.9 Å². The van der Waals surface area contributed by atoms with Gasteiger partial charge in [0.15, 0.2) is 0 Å². The van der Waals surface area contributed by atoms with E-state index in [9.17, 15) is 5.11 Å². The van der Waals surface area contributed by atoms with Crippen molar-refractivity contribution in [1.82, 2.24) is 0 Å². The van der Waals surface area contributed by atoms with Crippen molar-refractivity contribution in [2.75, 3.05) is 0 Å². The largest absolute Gasteiger partial charge is 0.507 e. The maximum absolute atomic E-state index is 10.6. The highest BCUT2D eigenvalue weighted by atomic mass is 35.5. The summed E-state index contributed by atoms with van der Waals surface area (Å²) in [5.74, 6) is 0.348. The highest BCUT2D eigenvalue weighted by molar-refractivity contribution is 6.30. The highest BCUT2D eigenvalue weighted by Crippen LogP contribution is 2.39. The van der Waals surface area contributed by atoms with E-state index >= 15 is 0 Å². The van der Waals surface area contributed by atoms with Gasteiger partial charge in [-0.25, -0.2) is 0 Å². The second kappa shape index (κ2) is 4.90. The fourth-order valence-corrected chi connectivity index (χ4v) is 2.42. The Morgan fingerprint density at radius 1 is 1.05 bits per heavy atom. The summed E-state index contributed by atoms with van der Waals surface area (Å²) in [6, 6.07) is 11.6. The lowest BCUT2D eigenvalue weighted by molar-refractivity contribution is 0.448. The predicted octanol–water partition coefficient (Wildman–Crippen LogP) is 5.32. The lowest BCUT2D eigenvalue weighted by Gasteiger charge is -2.23. The molecule has 2 aromatic carbocycles. The van der Waals surface area contributed by atoms with E-state index in [0.29, 0.717) is 10.8 Å². The summed E-state index contributed by atoms with van der Waals surface area (Å²) in [5.41, 5.74) is 3.79. The first-order valence-electron chi connectivity index (χ1n) is 6.39. The molecule has 0 heterocycles. The van der Waals surface area contributed by atoms with Crippen LogP contribution in [0.25, 0.3) is 11.1 Å². The molecule has 0 aliphatic heterocycles. The first-order valence-corrected chi connectivity index (χ1v) is 6.77. The Morgan fingerprint density at radius 2 is 1.74 bits per heavy atom. The second-order valence-corrected chi connectivity index (χ2v) is 6.41. The van der Waals surface area contributed by atoms with Gasteiger partial charge in [-0.15, -0.1) is 0 Å². The van der Waals surface area contributed by atoms with Gasteiger partial charge >= 0.3 is 0 Å². The number of benzene rings is 2. The van der Waals surface area contributed by atoms with Crippen LogP contribution in [0.2, 0.25) is 5.02 Å². The van der Waals surface area contributed by atoms with Gasteiger partial charge in [0.25, 0.3) is 0 Å². The Kier molecular flexibility index (Phi) is 3.60. The molecule has 0 atom stereocenters. The summed E-state index contributed by atoms with van der Waals surface area (Å²) in [7, 11) is 0. The summed E-state index contributed by atoms with van der Waals surface area (Å²) in [6.07, 6.45) is 0. The zero-order valence-electron chi connectivity index (χ0n) is 11.8. The molecule has 1 nitrogen and oxygen atoms in total. The molecule has 0 aromatic heterocycles. The zero-order chi connectivity index (χ0) is 14.2. The molecule has 100 valence electrons. The molecule has 0 radical (unpaired) electrons. The zero-order valence-corrected chi connectivity index (χ0v) is 12.5. The molecule has 0 spiro atoms. The molecule has 2 heteroatoms. The number of aromatic hydroxyl groups is 1. The van der Waals surface area contributed by atoms with Crippen LogP contribution in [0.5, 0.6) is 5.75 Å². The molecule has 0 unspecified atom stereocenters. The molecule has 2 rings (SSSR count). The van der Waals surface area contributed by atoms with Gasteiger partial charge < -0.3 is 5.11 Å². The van der Waals surface area contributed by atoms with E-state index in [1.54, 1.807) is 0 Å². The Morgan fingerprint density at radius 3 is 2.32 bits per heavy atom. The number of phenolic OH excluding ortho intramolecular Hbond substituents is 1. The summed E-state index contributed by atoms with van der Waals surface area (Å²) in [5, 5.41) is 11.2. The number of hydrogen-bond donors (Lipinski definition) is 1. The number of phenols is 1. The SMILES string of the molecule is Cc1cc(-c2cccc(Cl)c2)c(O)c(C(C)(C)C)c1. The van der Waals surface area contributed by atoms with Gasteiger partial charge in [0.1, 0.15) is 5.75 Å². The Bertz CT molecular complexity index is 609. The van der Waals surface area contributed by atoms with Gasteiger partial charge in [-0.3, -0.25) is 0 Å². The first-order chi connectivity index (χ1) is 8.79. The number of rotatable bonds is 1. The normalized spacial score (nSPS) is 11.6. The third kappa shape index (κ3) is 2.93. The molecular weight excluding hydrogens is 256 g/mol. The van der Waals surface area contributed by atoms with Crippen LogP contribution in [0.4, 0.5) is 0 Å². The van der Waals surface area contributed by atoms with Crippen LogP contribution in [0.1, 0.15) is 31.9 Å². The minimum absolute atomic E-state index is 0.0938. The summed E-state index contributed by atoms with van der Waals surface area (Å²) < 4.78 is 0. The van der Waals surface area contributed by atoms with Crippen LogP contribution in [0, 0.1) is 6.92 Å². The fraction of sp³-hybridized carbons (Fsp3) is 0.294. The lowest BCUT2D eigenvalue weighted by atomic mass is 9.83. The molecule has 0 bridgehead atoms. The number of halogens is 1. The van der Waals surface area contributed by atoms with Crippen LogP contribution in [0.15, 0.2) is 36.4 Å². The van der Waals surface area contributed by atoms with Crippen molar-refractivity contribution in [3.63, 3.8) is 0 Å². The Hall–Kier alpha value is -1.47.